The third kappa shape index (κ3) is 3.69. The lowest BCUT2D eigenvalue weighted by Crippen LogP contribution is -2.60. The molecule has 1 aliphatic rings. The molecule has 3 rings (SSSR count). The average molecular weight is 375 g/mol. The molecule has 1 saturated heterocycles. The minimum Gasteiger partial charge on any atom is -0.351 e. The smallest absolute Gasteiger partial charge is 0.227 e. The fourth-order valence-electron chi connectivity index (χ4n) is 2.55. The predicted octanol–water partition coefficient (Wildman–Crippen LogP) is 2.44. The largest absolute Gasteiger partial charge is 0.351 e. The summed E-state index contributed by atoms with van der Waals surface area (Å²) < 4.78 is 1.02. The molecular formula is C17H19BrN4O. The first kappa shape index (κ1) is 15.9. The van der Waals surface area contributed by atoms with E-state index in [1.165, 1.54) is 0 Å². The summed E-state index contributed by atoms with van der Waals surface area (Å²) in [6.45, 7) is 3.53. The maximum Gasteiger partial charge on any atom is 0.227 e. The summed E-state index contributed by atoms with van der Waals surface area (Å²) in [5, 5.41) is 8.26. The fraction of sp³-hybridized carbons (Fsp3) is 0.353. The number of carbonyl (C=O) groups is 1. The van der Waals surface area contributed by atoms with Crippen molar-refractivity contribution in [3.63, 3.8) is 0 Å². The Morgan fingerprint density at radius 1 is 1.22 bits per heavy atom. The van der Waals surface area contributed by atoms with Crippen molar-refractivity contribution in [3.05, 3.63) is 52.1 Å². The van der Waals surface area contributed by atoms with Crippen LogP contribution in [0.15, 0.2) is 40.9 Å². The van der Waals surface area contributed by atoms with Gasteiger partial charge in [-0.3, -0.25) is 4.79 Å². The van der Waals surface area contributed by atoms with Crippen LogP contribution in [0.3, 0.4) is 0 Å². The van der Waals surface area contributed by atoms with E-state index in [0.717, 1.165) is 34.6 Å². The number of aromatic nitrogens is 2. The van der Waals surface area contributed by atoms with Crippen molar-refractivity contribution in [1.29, 1.82) is 0 Å². The normalized spacial score (nSPS) is 14.5. The zero-order valence-corrected chi connectivity index (χ0v) is 14.8. The fourth-order valence-corrected chi connectivity index (χ4v) is 2.82. The van der Waals surface area contributed by atoms with E-state index in [9.17, 15) is 4.79 Å². The number of likely N-dealkylation sites (N-methyl/N-ethyl adjacent to an activating group) is 1. The van der Waals surface area contributed by atoms with Crippen LogP contribution in [0, 0.1) is 6.92 Å². The molecule has 0 unspecified atom stereocenters. The van der Waals surface area contributed by atoms with Crippen molar-refractivity contribution in [2.24, 2.45) is 0 Å². The van der Waals surface area contributed by atoms with E-state index < -0.39 is 0 Å². The first-order chi connectivity index (χ1) is 11.0. The van der Waals surface area contributed by atoms with Gasteiger partial charge in [0.25, 0.3) is 0 Å². The van der Waals surface area contributed by atoms with Crippen LogP contribution in [-0.4, -0.2) is 47.2 Å². The van der Waals surface area contributed by atoms with Crippen LogP contribution in [0.25, 0.3) is 0 Å². The van der Waals surface area contributed by atoms with Gasteiger partial charge in [0.1, 0.15) is 0 Å². The number of hydrogen-bond donors (Lipinski definition) is 0. The van der Waals surface area contributed by atoms with Crippen molar-refractivity contribution in [2.75, 3.05) is 25.0 Å². The molecule has 2 aromatic rings. The Labute approximate surface area is 144 Å². The summed E-state index contributed by atoms with van der Waals surface area (Å²) in [4.78, 5) is 16.4. The topological polar surface area (TPSA) is 49.3 Å². The van der Waals surface area contributed by atoms with E-state index in [1.807, 2.05) is 55.3 Å². The van der Waals surface area contributed by atoms with Gasteiger partial charge in [0.05, 0.1) is 18.2 Å². The van der Waals surface area contributed by atoms with Crippen LogP contribution < -0.4 is 4.90 Å². The van der Waals surface area contributed by atoms with Gasteiger partial charge in [-0.1, -0.05) is 28.1 Å². The lowest BCUT2D eigenvalue weighted by Gasteiger charge is -2.44. The second-order valence-corrected chi connectivity index (χ2v) is 6.82. The van der Waals surface area contributed by atoms with Crippen LogP contribution >= 0.6 is 15.9 Å². The molecule has 5 nitrogen and oxygen atoms in total. The monoisotopic (exact) mass is 374 g/mol. The summed E-state index contributed by atoms with van der Waals surface area (Å²) >= 11 is 3.41. The molecule has 1 aromatic heterocycles. The summed E-state index contributed by atoms with van der Waals surface area (Å²) in [7, 11) is 1.88. The molecule has 23 heavy (non-hydrogen) atoms. The third-order valence-electron chi connectivity index (χ3n) is 4.18. The number of carbonyl (C=O) groups excluding carboxylic acids is 1. The number of halogens is 1. The van der Waals surface area contributed by atoms with Crippen LogP contribution in [-0.2, 0) is 11.2 Å². The number of amides is 1. The Hall–Kier alpha value is -1.95. The van der Waals surface area contributed by atoms with Crippen LogP contribution in [0.2, 0.25) is 0 Å². The van der Waals surface area contributed by atoms with E-state index in [-0.39, 0.29) is 11.9 Å². The van der Waals surface area contributed by atoms with Gasteiger partial charge in [0.2, 0.25) is 5.91 Å². The molecule has 0 radical (unpaired) electrons. The lowest BCUT2D eigenvalue weighted by molar-refractivity contribution is -0.131. The molecule has 6 heteroatoms. The number of nitrogens with zero attached hydrogens (tertiary/aromatic N) is 4. The number of hydrogen-bond acceptors (Lipinski definition) is 4. The van der Waals surface area contributed by atoms with Gasteiger partial charge >= 0.3 is 0 Å². The Morgan fingerprint density at radius 3 is 2.52 bits per heavy atom. The number of aryl methyl sites for hydroxylation is 1. The lowest BCUT2D eigenvalue weighted by atomic mass is 10.1. The van der Waals surface area contributed by atoms with E-state index in [4.69, 9.17) is 0 Å². The molecule has 1 amide bonds. The summed E-state index contributed by atoms with van der Waals surface area (Å²) in [5.74, 6) is 1.02. The second-order valence-electron chi connectivity index (χ2n) is 5.90. The molecule has 0 aliphatic carbocycles. The molecule has 0 atom stereocenters. The summed E-state index contributed by atoms with van der Waals surface area (Å²) in [6, 6.07) is 12.0. The van der Waals surface area contributed by atoms with Crippen LogP contribution in [0.4, 0.5) is 5.82 Å². The highest BCUT2D eigenvalue weighted by Gasteiger charge is 2.33. The standard InChI is InChI=1S/C17H19BrN4O/c1-12-3-8-16(20-19-12)22-10-15(11-22)21(2)17(23)9-13-4-6-14(18)7-5-13/h3-8,15H,9-11H2,1-2H3. The Kier molecular flexibility index (Phi) is 4.61. The van der Waals surface area contributed by atoms with Crippen LogP contribution in [0.5, 0.6) is 0 Å². The van der Waals surface area contributed by atoms with Gasteiger partial charge in [-0.15, -0.1) is 5.10 Å². The summed E-state index contributed by atoms with van der Waals surface area (Å²) in [5.41, 5.74) is 1.94. The van der Waals surface area contributed by atoms with E-state index in [1.54, 1.807) is 0 Å². The van der Waals surface area contributed by atoms with Gasteiger partial charge < -0.3 is 9.80 Å². The van der Waals surface area contributed by atoms with Crippen molar-refractivity contribution in [1.82, 2.24) is 15.1 Å². The number of rotatable bonds is 4. The SMILES string of the molecule is Cc1ccc(N2CC(N(C)C(=O)Cc3ccc(Br)cc3)C2)nn1. The van der Waals surface area contributed by atoms with Crippen molar-refractivity contribution < 1.29 is 4.79 Å². The molecule has 2 heterocycles. The first-order valence-electron chi connectivity index (χ1n) is 7.58. The number of anilines is 1. The highest BCUT2D eigenvalue weighted by molar-refractivity contribution is 9.10. The minimum absolute atomic E-state index is 0.145. The van der Waals surface area contributed by atoms with E-state index in [2.05, 4.69) is 31.0 Å². The van der Waals surface area contributed by atoms with E-state index in [0.29, 0.717) is 6.42 Å². The van der Waals surface area contributed by atoms with Gasteiger partial charge in [0.15, 0.2) is 5.82 Å². The molecule has 1 fully saturated rings. The minimum atomic E-state index is 0.145. The van der Waals surface area contributed by atoms with Crippen molar-refractivity contribution in [2.45, 2.75) is 19.4 Å². The maximum atomic E-state index is 12.4. The Morgan fingerprint density at radius 2 is 1.91 bits per heavy atom. The molecule has 0 bridgehead atoms. The molecule has 0 saturated carbocycles. The van der Waals surface area contributed by atoms with Crippen molar-refractivity contribution >= 4 is 27.7 Å². The molecule has 0 N–H and O–H groups in total. The quantitative estimate of drug-likeness (QED) is 0.824. The molecule has 0 spiro atoms. The zero-order valence-electron chi connectivity index (χ0n) is 13.2. The van der Waals surface area contributed by atoms with E-state index >= 15 is 0 Å². The molecule has 1 aromatic carbocycles. The highest BCUT2D eigenvalue weighted by atomic mass is 79.9. The van der Waals surface area contributed by atoms with Crippen molar-refractivity contribution in [3.8, 4) is 0 Å². The second kappa shape index (κ2) is 6.66. The predicted molar refractivity (Wildman–Crippen MR) is 93.4 cm³/mol. The third-order valence-corrected chi connectivity index (χ3v) is 4.71. The van der Waals surface area contributed by atoms with Crippen LogP contribution in [0.1, 0.15) is 11.3 Å². The first-order valence-corrected chi connectivity index (χ1v) is 8.37. The molecule has 120 valence electrons. The molecular weight excluding hydrogens is 356 g/mol. The van der Waals surface area contributed by atoms with Gasteiger partial charge in [-0.05, 0) is 36.8 Å². The Balaban J connectivity index is 1.53. The zero-order chi connectivity index (χ0) is 16.4. The maximum absolute atomic E-state index is 12.4. The number of benzene rings is 1. The molecule has 1 aliphatic heterocycles. The summed E-state index contributed by atoms with van der Waals surface area (Å²) in [6.07, 6.45) is 0.435. The Bertz CT molecular complexity index is 681. The van der Waals surface area contributed by atoms with Gasteiger partial charge in [-0.2, -0.15) is 5.10 Å². The van der Waals surface area contributed by atoms with Gasteiger partial charge in [-0.25, -0.2) is 0 Å². The van der Waals surface area contributed by atoms with Gasteiger partial charge in [0, 0.05) is 24.6 Å². The average Bonchev–Trinajstić information content (AvgIpc) is 2.50. The highest BCUT2D eigenvalue weighted by Crippen LogP contribution is 2.21.